The van der Waals surface area contributed by atoms with Crippen LogP contribution < -0.4 is 21.4 Å². The lowest BCUT2D eigenvalue weighted by Crippen LogP contribution is -2.15. The molecule has 0 amide bonds. The summed E-state index contributed by atoms with van der Waals surface area (Å²) in [7, 11) is 0. The Hall–Kier alpha value is -3.40. The molecule has 1 aliphatic rings. The van der Waals surface area contributed by atoms with Gasteiger partial charge < -0.3 is 19.9 Å². The van der Waals surface area contributed by atoms with Crippen LogP contribution in [0.2, 0.25) is 0 Å². The van der Waals surface area contributed by atoms with E-state index in [1.54, 1.807) is 0 Å². The van der Waals surface area contributed by atoms with E-state index in [-0.39, 0.29) is 0 Å². The lowest BCUT2D eigenvalue weighted by molar-refractivity contribution is 1.04. The normalized spacial score (nSPS) is 16.0. The minimum atomic E-state index is 1.00. The molecule has 40 heavy (non-hydrogen) atoms. The van der Waals surface area contributed by atoms with Crippen molar-refractivity contribution in [1.82, 2.24) is 19.9 Å². The molecule has 4 nitrogen and oxygen atoms in total. The highest BCUT2D eigenvalue weighted by Gasteiger charge is 2.22. The second-order valence-corrected chi connectivity index (χ2v) is 11.0. The molecule has 0 aliphatic carbocycles. The van der Waals surface area contributed by atoms with Crippen LogP contribution in [0.5, 0.6) is 0 Å². The number of aromatic amines is 4. The van der Waals surface area contributed by atoms with E-state index in [1.807, 2.05) is 0 Å². The van der Waals surface area contributed by atoms with E-state index in [0.717, 1.165) is 51.4 Å². The molecule has 4 aromatic heterocycles. The van der Waals surface area contributed by atoms with E-state index < -0.39 is 0 Å². The number of hydrogen-bond acceptors (Lipinski definition) is 0. The largest absolute Gasteiger partial charge is 0.355 e. The minimum absolute atomic E-state index is 1.00. The maximum atomic E-state index is 3.94. The van der Waals surface area contributed by atoms with Crippen molar-refractivity contribution in [2.45, 2.75) is 107 Å². The monoisotopic (exact) mass is 536 g/mol. The molecule has 0 unspecified atom stereocenters. The number of hydrogen-bond donors (Lipinski definition) is 4. The summed E-state index contributed by atoms with van der Waals surface area (Å²) < 4.78 is 0. The predicted octanol–water partition coefficient (Wildman–Crippen LogP) is 5.40. The van der Waals surface area contributed by atoms with Crippen molar-refractivity contribution in [1.29, 1.82) is 0 Å². The molecule has 4 N–H and O–H groups in total. The van der Waals surface area contributed by atoms with Gasteiger partial charge in [-0.2, -0.15) is 0 Å². The van der Waals surface area contributed by atoms with Crippen molar-refractivity contribution >= 4 is 24.3 Å². The SMILES string of the molecule is CCc1c2[nH]c(c1CC)-c1[nH]c(c(CC)c1CC)/C=c1\[nH]/c(c(CC)c1CC)=C\C=c1/[nH]/c(c(CC)c1CC)=C\2. The molecule has 1 aliphatic heterocycles. The van der Waals surface area contributed by atoms with E-state index >= 15 is 0 Å². The molecule has 0 radical (unpaired) electrons. The Labute approximate surface area is 239 Å². The standard InChI is InChI=1S/C36H48N4/c1-9-21-23(11-3)31-19-33-25(13-5)27(15-7)35(39-33)36-28(16-8)26(14-6)34(40-36)20-32-24(12-4)22(10-2)30(38-32)18-17-29(21)37-31/h17-20,37-40H,9-16H2,1-8H3/b18-17?,29-17-,30-18-,31-19-,32-20-,33-19?,34-20?,36-35?. The fraction of sp³-hybridized carbons (Fsp3) is 0.444. The molecular formula is C36H48N4. The third-order valence-electron chi connectivity index (χ3n) is 9.14. The van der Waals surface area contributed by atoms with Gasteiger partial charge in [0.1, 0.15) is 0 Å². The Bertz CT molecular complexity index is 1650. The van der Waals surface area contributed by atoms with Gasteiger partial charge in [-0.15, -0.1) is 0 Å². The zero-order valence-electron chi connectivity index (χ0n) is 26.0. The first-order valence-corrected chi connectivity index (χ1v) is 15.8. The maximum absolute atomic E-state index is 3.94. The van der Waals surface area contributed by atoms with Crippen LogP contribution in [0, 0.1) is 0 Å². The van der Waals surface area contributed by atoms with E-state index in [4.69, 9.17) is 0 Å². The smallest absolute Gasteiger partial charge is 0.0662 e. The number of fused-ring (bicyclic) bond motifs is 9. The van der Waals surface area contributed by atoms with Crippen molar-refractivity contribution in [3.8, 4) is 11.4 Å². The van der Waals surface area contributed by atoms with Crippen molar-refractivity contribution in [2.24, 2.45) is 0 Å². The summed E-state index contributed by atoms with van der Waals surface area (Å²) in [6.07, 6.45) is 17.4. The molecule has 212 valence electrons. The third-order valence-corrected chi connectivity index (χ3v) is 9.14. The first-order valence-electron chi connectivity index (χ1n) is 15.8. The highest BCUT2D eigenvalue weighted by molar-refractivity contribution is 5.75. The van der Waals surface area contributed by atoms with Crippen LogP contribution in [0.1, 0.15) is 111 Å². The molecule has 0 aromatic carbocycles. The molecular weight excluding hydrogens is 488 g/mol. The van der Waals surface area contributed by atoms with E-state index in [9.17, 15) is 0 Å². The number of aromatic nitrogens is 4. The fourth-order valence-corrected chi connectivity index (χ4v) is 7.30. The van der Waals surface area contributed by atoms with E-state index in [1.165, 1.54) is 88.7 Å². The number of rotatable bonds is 8. The topological polar surface area (TPSA) is 63.2 Å². The molecule has 4 heteroatoms. The highest BCUT2D eigenvalue weighted by Crippen LogP contribution is 2.35. The van der Waals surface area contributed by atoms with Gasteiger partial charge in [-0.25, -0.2) is 0 Å². The van der Waals surface area contributed by atoms with Crippen molar-refractivity contribution in [3.05, 3.63) is 77.3 Å². The predicted molar refractivity (Wildman–Crippen MR) is 172 cm³/mol. The first kappa shape index (κ1) is 28.1. The van der Waals surface area contributed by atoms with Crippen molar-refractivity contribution in [2.75, 3.05) is 0 Å². The lowest BCUT2D eigenvalue weighted by atomic mass is 9.97. The van der Waals surface area contributed by atoms with Gasteiger partial charge in [0.2, 0.25) is 0 Å². The summed E-state index contributed by atoms with van der Waals surface area (Å²) in [5, 5.41) is 4.93. The van der Waals surface area contributed by atoms with Crippen LogP contribution in [-0.4, -0.2) is 19.9 Å². The van der Waals surface area contributed by atoms with Crippen molar-refractivity contribution in [3.63, 3.8) is 0 Å². The Kier molecular flexibility index (Phi) is 8.16. The van der Waals surface area contributed by atoms with Crippen LogP contribution >= 0.6 is 0 Å². The lowest BCUT2D eigenvalue weighted by Gasteiger charge is -2.06. The van der Waals surface area contributed by atoms with Crippen LogP contribution in [0.25, 0.3) is 35.7 Å². The van der Waals surface area contributed by atoms with Crippen LogP contribution in [-0.2, 0) is 51.4 Å². The van der Waals surface area contributed by atoms with Gasteiger partial charge >= 0.3 is 0 Å². The molecule has 5 rings (SSSR count). The third kappa shape index (κ3) is 4.46. The Balaban J connectivity index is 2.01. The molecule has 4 aromatic rings. The number of H-pyrrole nitrogens is 4. The summed E-state index contributed by atoms with van der Waals surface area (Å²) in [4.78, 5) is 15.6. The summed E-state index contributed by atoms with van der Waals surface area (Å²) in [6.45, 7) is 18.3. The van der Waals surface area contributed by atoms with Gasteiger partial charge in [-0.1, -0.05) is 55.4 Å². The first-order chi connectivity index (χ1) is 19.5. The van der Waals surface area contributed by atoms with Crippen molar-refractivity contribution < 1.29 is 0 Å². The minimum Gasteiger partial charge on any atom is -0.355 e. The average Bonchev–Trinajstić information content (AvgIpc) is 3.70. The van der Waals surface area contributed by atoms with E-state index in [0.29, 0.717) is 0 Å². The van der Waals surface area contributed by atoms with Crippen LogP contribution in [0.15, 0.2) is 0 Å². The Morgan fingerprint density at radius 3 is 0.950 bits per heavy atom. The molecule has 0 saturated heterocycles. The quantitative estimate of drug-likeness (QED) is 0.233. The molecule has 8 bridgehead atoms. The van der Waals surface area contributed by atoms with Gasteiger partial charge in [0, 0.05) is 32.8 Å². The zero-order chi connectivity index (χ0) is 28.6. The highest BCUT2D eigenvalue weighted by atomic mass is 14.8. The molecule has 5 heterocycles. The van der Waals surface area contributed by atoms with Gasteiger partial charge in [-0.05, 0) is 120 Å². The Morgan fingerprint density at radius 2 is 0.650 bits per heavy atom. The summed E-state index contributed by atoms with van der Waals surface area (Å²) in [5.41, 5.74) is 16.5. The summed E-state index contributed by atoms with van der Waals surface area (Å²) >= 11 is 0. The van der Waals surface area contributed by atoms with Gasteiger partial charge in [0.25, 0.3) is 0 Å². The van der Waals surface area contributed by atoms with Crippen LogP contribution in [0.3, 0.4) is 0 Å². The molecule has 0 spiro atoms. The molecule has 0 atom stereocenters. The molecule has 0 fully saturated rings. The van der Waals surface area contributed by atoms with E-state index in [2.05, 4.69) is 99.6 Å². The van der Waals surface area contributed by atoms with Gasteiger partial charge in [0.15, 0.2) is 0 Å². The van der Waals surface area contributed by atoms with Crippen LogP contribution in [0.4, 0.5) is 0 Å². The van der Waals surface area contributed by atoms with Gasteiger partial charge in [0.05, 0.1) is 11.4 Å². The molecule has 0 saturated carbocycles. The Morgan fingerprint density at radius 1 is 0.350 bits per heavy atom. The summed E-state index contributed by atoms with van der Waals surface area (Å²) in [5.74, 6) is 0. The maximum Gasteiger partial charge on any atom is 0.0662 e. The average molecular weight is 537 g/mol. The summed E-state index contributed by atoms with van der Waals surface area (Å²) in [6, 6.07) is 0. The van der Waals surface area contributed by atoms with Gasteiger partial charge in [-0.3, -0.25) is 0 Å². The second-order valence-electron chi connectivity index (χ2n) is 11.0. The second kappa shape index (κ2) is 11.6. The zero-order valence-corrected chi connectivity index (χ0v) is 26.0. The number of nitrogens with one attached hydrogen (secondary N) is 4. The fourth-order valence-electron chi connectivity index (χ4n) is 7.30.